The Kier molecular flexibility index (Phi) is 8.86. The molecule has 5 heterocycles. The molecule has 3 aromatic heterocycles. The summed E-state index contributed by atoms with van der Waals surface area (Å²) in [7, 11) is 0. The number of fused-ring (bicyclic) bond motifs is 1. The molecule has 0 bridgehead atoms. The zero-order valence-electron chi connectivity index (χ0n) is 27.5. The Bertz CT molecular complexity index is 1900. The SMILES string of the molecule is CCCC1(C(=O)Nc2ccc3[nH]nc(-c4ccnc(C)c4)c3c2)CCN(CC(=O)N2CCN(c3ccc(-c4ncccn4)cc3)CC2)C1. The first kappa shape index (κ1) is 31.4. The van der Waals surface area contributed by atoms with Crippen molar-refractivity contribution < 1.29 is 9.59 Å². The Morgan fingerprint density at radius 3 is 2.44 bits per heavy atom. The number of hydrogen-bond acceptors (Lipinski definition) is 8. The Balaban J connectivity index is 0.955. The number of amides is 2. The number of benzene rings is 2. The lowest BCUT2D eigenvalue weighted by atomic mass is 9.81. The second-order valence-corrected chi connectivity index (χ2v) is 13.0. The summed E-state index contributed by atoms with van der Waals surface area (Å²) in [4.78, 5) is 46.8. The van der Waals surface area contributed by atoms with E-state index in [0.717, 1.165) is 83.7 Å². The van der Waals surface area contributed by atoms with Gasteiger partial charge in [0.05, 0.1) is 17.5 Å². The number of rotatable bonds is 9. The first-order chi connectivity index (χ1) is 23.4. The smallest absolute Gasteiger partial charge is 0.236 e. The fourth-order valence-electron chi connectivity index (χ4n) is 7.12. The molecular weight excluding hydrogens is 602 g/mol. The van der Waals surface area contributed by atoms with Crippen molar-refractivity contribution in [2.24, 2.45) is 5.41 Å². The molecule has 1 unspecified atom stereocenters. The molecule has 2 fully saturated rings. The second-order valence-electron chi connectivity index (χ2n) is 13.0. The molecule has 2 N–H and O–H groups in total. The first-order valence-electron chi connectivity index (χ1n) is 16.8. The summed E-state index contributed by atoms with van der Waals surface area (Å²) in [6.45, 7) is 8.61. The number of H-pyrrole nitrogens is 1. The fraction of sp³-hybridized carbons (Fsp3) is 0.351. The number of carbonyl (C=O) groups excluding carboxylic acids is 2. The molecular formula is C37H41N9O2. The Hall–Kier alpha value is -5.16. The number of nitrogens with zero attached hydrogens (tertiary/aromatic N) is 7. The van der Waals surface area contributed by atoms with E-state index in [4.69, 9.17) is 0 Å². The minimum absolute atomic E-state index is 0.0157. The highest BCUT2D eigenvalue weighted by Gasteiger charge is 2.44. The zero-order chi connectivity index (χ0) is 33.1. The lowest BCUT2D eigenvalue weighted by Crippen LogP contribution is -2.51. The Morgan fingerprint density at radius 2 is 1.69 bits per heavy atom. The molecule has 0 radical (unpaired) electrons. The second kappa shape index (κ2) is 13.5. The number of aromatic nitrogens is 5. The van der Waals surface area contributed by atoms with E-state index >= 15 is 0 Å². The number of piperazine rings is 1. The van der Waals surface area contributed by atoms with Crippen molar-refractivity contribution in [1.82, 2.24) is 34.9 Å². The van der Waals surface area contributed by atoms with E-state index in [2.05, 4.69) is 59.3 Å². The van der Waals surface area contributed by atoms with E-state index < -0.39 is 5.41 Å². The number of aromatic amines is 1. The third-order valence-corrected chi connectivity index (χ3v) is 9.68. The number of anilines is 2. The zero-order valence-corrected chi connectivity index (χ0v) is 27.5. The van der Waals surface area contributed by atoms with Gasteiger partial charge in [0.2, 0.25) is 11.8 Å². The van der Waals surface area contributed by atoms with Crippen molar-refractivity contribution in [3.8, 4) is 22.6 Å². The molecule has 7 rings (SSSR count). The van der Waals surface area contributed by atoms with Gasteiger partial charge in [0.15, 0.2) is 5.82 Å². The van der Waals surface area contributed by atoms with Crippen molar-refractivity contribution in [3.05, 3.63) is 84.9 Å². The summed E-state index contributed by atoms with van der Waals surface area (Å²) >= 11 is 0. The molecule has 2 amide bonds. The summed E-state index contributed by atoms with van der Waals surface area (Å²) in [6, 6.07) is 19.9. The van der Waals surface area contributed by atoms with Gasteiger partial charge in [-0.25, -0.2) is 9.97 Å². The summed E-state index contributed by atoms with van der Waals surface area (Å²) in [5.74, 6) is 0.855. The van der Waals surface area contributed by atoms with E-state index in [9.17, 15) is 9.59 Å². The van der Waals surface area contributed by atoms with E-state index in [1.165, 1.54) is 0 Å². The van der Waals surface area contributed by atoms with E-state index in [1.807, 2.05) is 60.4 Å². The van der Waals surface area contributed by atoms with E-state index in [1.54, 1.807) is 18.6 Å². The number of pyridine rings is 1. The molecule has 5 aromatic rings. The molecule has 0 saturated carbocycles. The van der Waals surface area contributed by atoms with Crippen molar-refractivity contribution in [1.29, 1.82) is 0 Å². The summed E-state index contributed by atoms with van der Waals surface area (Å²) in [5.41, 5.74) is 5.95. The minimum atomic E-state index is -0.541. The lowest BCUT2D eigenvalue weighted by Gasteiger charge is -2.37. The van der Waals surface area contributed by atoms with Gasteiger partial charge in [-0.15, -0.1) is 0 Å². The molecule has 2 saturated heterocycles. The van der Waals surface area contributed by atoms with Crippen LogP contribution in [0.3, 0.4) is 0 Å². The van der Waals surface area contributed by atoms with Gasteiger partial charge < -0.3 is 15.1 Å². The number of carbonyl (C=O) groups is 2. The molecule has 0 aliphatic carbocycles. The third-order valence-electron chi connectivity index (χ3n) is 9.68. The number of aryl methyl sites for hydroxylation is 1. The van der Waals surface area contributed by atoms with Crippen LogP contribution in [0.1, 0.15) is 31.9 Å². The van der Waals surface area contributed by atoms with Crippen LogP contribution in [0.15, 0.2) is 79.3 Å². The maximum atomic E-state index is 13.9. The van der Waals surface area contributed by atoms with Crippen LogP contribution in [-0.2, 0) is 9.59 Å². The Labute approximate surface area is 280 Å². The number of likely N-dealkylation sites (tertiary alicyclic amines) is 1. The van der Waals surface area contributed by atoms with Crippen LogP contribution in [-0.4, -0.2) is 92.6 Å². The molecule has 0 spiro atoms. The minimum Gasteiger partial charge on any atom is -0.368 e. The van der Waals surface area contributed by atoms with Crippen molar-refractivity contribution >= 4 is 34.1 Å². The van der Waals surface area contributed by atoms with E-state index in [0.29, 0.717) is 32.0 Å². The molecule has 246 valence electrons. The largest absolute Gasteiger partial charge is 0.368 e. The van der Waals surface area contributed by atoms with Gasteiger partial charge in [-0.3, -0.25) is 24.6 Å². The Morgan fingerprint density at radius 1 is 0.896 bits per heavy atom. The van der Waals surface area contributed by atoms with Crippen LogP contribution >= 0.6 is 0 Å². The van der Waals surface area contributed by atoms with Gasteiger partial charge in [0, 0.05) is 84.9 Å². The lowest BCUT2D eigenvalue weighted by molar-refractivity contribution is -0.133. The third kappa shape index (κ3) is 6.50. The highest BCUT2D eigenvalue weighted by atomic mass is 16.2. The molecule has 1 atom stereocenters. The average Bonchev–Trinajstić information content (AvgIpc) is 3.73. The van der Waals surface area contributed by atoms with Gasteiger partial charge >= 0.3 is 0 Å². The summed E-state index contributed by atoms with van der Waals surface area (Å²) in [6.07, 6.45) is 7.67. The first-order valence-corrected chi connectivity index (χ1v) is 16.8. The van der Waals surface area contributed by atoms with Crippen LogP contribution < -0.4 is 10.2 Å². The molecule has 11 nitrogen and oxygen atoms in total. The maximum Gasteiger partial charge on any atom is 0.236 e. The number of hydrogen-bond donors (Lipinski definition) is 2. The van der Waals surface area contributed by atoms with Gasteiger partial charge in [0.1, 0.15) is 5.69 Å². The summed E-state index contributed by atoms with van der Waals surface area (Å²) in [5, 5.41) is 11.8. The van der Waals surface area contributed by atoms with E-state index in [-0.39, 0.29) is 11.8 Å². The average molecular weight is 644 g/mol. The van der Waals surface area contributed by atoms with Crippen LogP contribution in [0.4, 0.5) is 11.4 Å². The van der Waals surface area contributed by atoms with Crippen LogP contribution in [0.25, 0.3) is 33.5 Å². The van der Waals surface area contributed by atoms with Crippen molar-refractivity contribution in [3.63, 3.8) is 0 Å². The topological polar surface area (TPSA) is 123 Å². The van der Waals surface area contributed by atoms with Crippen molar-refractivity contribution in [2.75, 3.05) is 56.0 Å². The van der Waals surface area contributed by atoms with Crippen molar-refractivity contribution in [2.45, 2.75) is 33.1 Å². The van der Waals surface area contributed by atoms with Gasteiger partial charge in [-0.1, -0.05) is 13.3 Å². The predicted molar refractivity (Wildman–Crippen MR) is 187 cm³/mol. The standard InChI is InChI=1S/C37H41N9O2/c1-3-12-37(36(48)41-29-7-10-32-31(23-29)34(43-42-32)28-11-16-38-26(2)22-28)13-17-44(25-37)24-33(47)46-20-18-45(19-21-46)30-8-5-27(6-9-30)35-39-14-4-15-40-35/h4-11,14-16,22-23H,3,12-13,17-21,24-25H2,1-2H3,(H,41,48)(H,42,43). The number of nitrogens with one attached hydrogen (secondary N) is 2. The molecule has 11 heteroatoms. The van der Waals surface area contributed by atoms with Crippen LogP contribution in [0.2, 0.25) is 0 Å². The highest BCUT2D eigenvalue weighted by Crippen LogP contribution is 2.37. The molecule has 48 heavy (non-hydrogen) atoms. The van der Waals surface area contributed by atoms with Crippen LogP contribution in [0.5, 0.6) is 0 Å². The maximum absolute atomic E-state index is 13.9. The highest BCUT2D eigenvalue weighted by molar-refractivity contribution is 6.00. The molecule has 2 aromatic carbocycles. The monoisotopic (exact) mass is 643 g/mol. The molecule has 2 aliphatic rings. The fourth-order valence-corrected chi connectivity index (χ4v) is 7.12. The predicted octanol–water partition coefficient (Wildman–Crippen LogP) is 5.17. The van der Waals surface area contributed by atoms with Gasteiger partial charge in [0.25, 0.3) is 0 Å². The van der Waals surface area contributed by atoms with Gasteiger partial charge in [-0.05, 0) is 87.0 Å². The quantitative estimate of drug-likeness (QED) is 0.226. The summed E-state index contributed by atoms with van der Waals surface area (Å²) < 4.78 is 0. The van der Waals surface area contributed by atoms with Gasteiger partial charge in [-0.2, -0.15) is 5.10 Å². The molecule has 2 aliphatic heterocycles. The normalized spacial score (nSPS) is 18.4. The van der Waals surface area contributed by atoms with Crippen LogP contribution in [0, 0.1) is 12.3 Å².